The molecule has 1 aromatic carbocycles. The van der Waals surface area contributed by atoms with Gasteiger partial charge in [0.05, 0.1) is 5.39 Å². The van der Waals surface area contributed by atoms with Gasteiger partial charge in [-0.25, -0.2) is 4.98 Å². The number of primary amides is 1. The maximum absolute atomic E-state index is 13.3. The molecular formula is C20H20ClN3O2S. The third-order valence-electron chi connectivity index (χ3n) is 4.98. The largest absolute Gasteiger partial charge is 0.370 e. The van der Waals surface area contributed by atoms with E-state index in [0.29, 0.717) is 24.4 Å². The third-order valence-corrected chi connectivity index (χ3v) is 6.42. The highest BCUT2D eigenvalue weighted by Gasteiger charge is 2.23. The molecule has 4 rings (SSSR count). The molecule has 5 nitrogen and oxygen atoms in total. The van der Waals surface area contributed by atoms with Crippen molar-refractivity contribution < 1.29 is 4.79 Å². The number of carbonyl (C=O) groups excluding carboxylic acids is 1. The second-order valence-electron chi connectivity index (χ2n) is 6.90. The fourth-order valence-electron chi connectivity index (χ4n) is 3.68. The van der Waals surface area contributed by atoms with Crippen molar-refractivity contribution in [3.8, 4) is 0 Å². The monoisotopic (exact) mass is 401 g/mol. The van der Waals surface area contributed by atoms with Gasteiger partial charge >= 0.3 is 0 Å². The summed E-state index contributed by atoms with van der Waals surface area (Å²) in [6.07, 6.45) is 4.41. The number of nitrogens with zero attached hydrogens (tertiary/aromatic N) is 2. The van der Waals surface area contributed by atoms with Crippen molar-refractivity contribution in [3.63, 3.8) is 0 Å². The zero-order valence-corrected chi connectivity index (χ0v) is 16.4. The van der Waals surface area contributed by atoms with Gasteiger partial charge < -0.3 is 5.73 Å². The van der Waals surface area contributed by atoms with Crippen LogP contribution in [0.2, 0.25) is 5.02 Å². The lowest BCUT2D eigenvalue weighted by atomic mass is 10.1. The molecule has 1 amide bonds. The van der Waals surface area contributed by atoms with E-state index in [0.717, 1.165) is 40.9 Å². The SMILES string of the molecule is NC(=O)CCCn1c(Cc2ccc(Cl)cc2)nc2sc3c(c2c1=O)CCC3. The van der Waals surface area contributed by atoms with Crippen molar-refractivity contribution >= 4 is 39.1 Å². The molecule has 2 N–H and O–H groups in total. The summed E-state index contributed by atoms with van der Waals surface area (Å²) in [5.41, 5.74) is 7.49. The predicted molar refractivity (Wildman–Crippen MR) is 109 cm³/mol. The predicted octanol–water partition coefficient (Wildman–Crippen LogP) is 3.46. The highest BCUT2D eigenvalue weighted by molar-refractivity contribution is 7.18. The maximum Gasteiger partial charge on any atom is 0.262 e. The van der Waals surface area contributed by atoms with Crippen LogP contribution >= 0.6 is 22.9 Å². The summed E-state index contributed by atoms with van der Waals surface area (Å²) in [7, 11) is 0. The molecule has 0 saturated carbocycles. The van der Waals surface area contributed by atoms with Crippen LogP contribution in [0.1, 0.15) is 41.1 Å². The first-order chi connectivity index (χ1) is 13.0. The van der Waals surface area contributed by atoms with Crippen LogP contribution in [0.25, 0.3) is 10.2 Å². The fourth-order valence-corrected chi connectivity index (χ4v) is 5.08. The smallest absolute Gasteiger partial charge is 0.262 e. The first kappa shape index (κ1) is 18.2. The number of rotatable bonds is 6. The van der Waals surface area contributed by atoms with Crippen molar-refractivity contribution in [2.75, 3.05) is 0 Å². The maximum atomic E-state index is 13.3. The second kappa shape index (κ2) is 7.44. The van der Waals surface area contributed by atoms with E-state index < -0.39 is 0 Å². The van der Waals surface area contributed by atoms with Crippen molar-refractivity contribution in [2.45, 2.75) is 45.1 Å². The molecule has 2 aromatic heterocycles. The molecule has 0 saturated heterocycles. The van der Waals surface area contributed by atoms with Gasteiger partial charge in [0.15, 0.2) is 0 Å². The molecule has 0 spiro atoms. The Morgan fingerprint density at radius 3 is 2.78 bits per heavy atom. The molecule has 3 aromatic rings. The van der Waals surface area contributed by atoms with E-state index in [2.05, 4.69) is 0 Å². The standard InChI is InChI=1S/C20H20ClN3O2S/c21-13-8-6-12(7-9-13)11-17-23-19-18(14-3-1-4-15(14)27-19)20(26)24(17)10-2-5-16(22)25/h6-9H,1-5,10-11H2,(H2,22,25). The lowest BCUT2D eigenvalue weighted by Gasteiger charge is -2.13. The number of nitrogens with two attached hydrogens (primary N) is 1. The minimum atomic E-state index is -0.354. The van der Waals surface area contributed by atoms with Gasteiger partial charge in [-0.1, -0.05) is 23.7 Å². The van der Waals surface area contributed by atoms with E-state index >= 15 is 0 Å². The van der Waals surface area contributed by atoms with E-state index in [1.54, 1.807) is 15.9 Å². The minimum absolute atomic E-state index is 0.00725. The van der Waals surface area contributed by atoms with Crippen LogP contribution in [-0.2, 0) is 30.6 Å². The van der Waals surface area contributed by atoms with Gasteiger partial charge in [0.1, 0.15) is 10.7 Å². The van der Waals surface area contributed by atoms with Gasteiger partial charge in [-0.05, 0) is 48.9 Å². The van der Waals surface area contributed by atoms with Crippen LogP contribution in [0, 0.1) is 0 Å². The quantitative estimate of drug-likeness (QED) is 0.687. The van der Waals surface area contributed by atoms with Crippen molar-refractivity contribution in [2.24, 2.45) is 5.73 Å². The Morgan fingerprint density at radius 2 is 2.04 bits per heavy atom. The van der Waals surface area contributed by atoms with Crippen LogP contribution in [0.4, 0.5) is 0 Å². The molecule has 0 radical (unpaired) electrons. The highest BCUT2D eigenvalue weighted by atomic mass is 35.5. The lowest BCUT2D eigenvalue weighted by molar-refractivity contribution is -0.118. The molecule has 0 bridgehead atoms. The van der Waals surface area contributed by atoms with Gasteiger partial charge in [-0.2, -0.15) is 0 Å². The van der Waals surface area contributed by atoms with Gasteiger partial charge in [-0.15, -0.1) is 11.3 Å². The van der Waals surface area contributed by atoms with Gasteiger partial charge in [0.25, 0.3) is 5.56 Å². The van der Waals surface area contributed by atoms with Crippen molar-refractivity contribution in [1.29, 1.82) is 0 Å². The number of carbonyl (C=O) groups is 1. The number of thiophene rings is 1. The summed E-state index contributed by atoms with van der Waals surface area (Å²) < 4.78 is 1.73. The molecule has 2 heterocycles. The number of hydrogen-bond donors (Lipinski definition) is 1. The zero-order valence-electron chi connectivity index (χ0n) is 14.8. The van der Waals surface area contributed by atoms with Crippen LogP contribution in [0.3, 0.4) is 0 Å². The number of amides is 1. The summed E-state index contributed by atoms with van der Waals surface area (Å²) in [6.45, 7) is 0.443. The average molecular weight is 402 g/mol. The molecule has 1 aliphatic carbocycles. The van der Waals surface area contributed by atoms with Gasteiger partial charge in [0, 0.05) is 29.3 Å². The van der Waals surface area contributed by atoms with Crippen LogP contribution in [0.5, 0.6) is 0 Å². The topological polar surface area (TPSA) is 78.0 Å². The number of hydrogen-bond acceptors (Lipinski definition) is 4. The molecule has 27 heavy (non-hydrogen) atoms. The Morgan fingerprint density at radius 1 is 1.26 bits per heavy atom. The number of fused-ring (bicyclic) bond motifs is 3. The Bertz CT molecular complexity index is 1070. The number of aryl methyl sites for hydroxylation is 2. The summed E-state index contributed by atoms with van der Waals surface area (Å²) in [5.74, 6) is 0.368. The Balaban J connectivity index is 1.78. The molecule has 0 atom stereocenters. The number of halogens is 1. The Hall–Kier alpha value is -2.18. The average Bonchev–Trinajstić information content (AvgIpc) is 3.20. The lowest BCUT2D eigenvalue weighted by Crippen LogP contribution is -2.26. The van der Waals surface area contributed by atoms with Crippen molar-refractivity contribution in [1.82, 2.24) is 9.55 Å². The van der Waals surface area contributed by atoms with E-state index in [9.17, 15) is 9.59 Å². The van der Waals surface area contributed by atoms with E-state index in [4.69, 9.17) is 22.3 Å². The molecule has 7 heteroatoms. The molecule has 0 unspecified atom stereocenters. The van der Waals surface area contributed by atoms with E-state index in [1.165, 1.54) is 10.4 Å². The molecule has 0 fully saturated rings. The number of aromatic nitrogens is 2. The van der Waals surface area contributed by atoms with E-state index in [1.807, 2.05) is 24.3 Å². The summed E-state index contributed by atoms with van der Waals surface area (Å²) in [4.78, 5) is 31.4. The molecular weight excluding hydrogens is 382 g/mol. The Labute approximate surface area is 165 Å². The van der Waals surface area contributed by atoms with Gasteiger partial charge in [0.2, 0.25) is 5.91 Å². The summed E-state index contributed by atoms with van der Waals surface area (Å²) in [6, 6.07) is 7.57. The van der Waals surface area contributed by atoms with Crippen molar-refractivity contribution in [3.05, 3.63) is 61.5 Å². The third kappa shape index (κ3) is 3.64. The Kier molecular flexibility index (Phi) is 5.02. The first-order valence-electron chi connectivity index (χ1n) is 9.09. The first-order valence-corrected chi connectivity index (χ1v) is 10.3. The molecule has 1 aliphatic rings. The highest BCUT2D eigenvalue weighted by Crippen LogP contribution is 2.35. The molecule has 140 valence electrons. The number of benzene rings is 1. The zero-order chi connectivity index (χ0) is 19.0. The fraction of sp³-hybridized carbons (Fsp3) is 0.350. The second-order valence-corrected chi connectivity index (χ2v) is 8.42. The van der Waals surface area contributed by atoms with Gasteiger partial charge in [-0.3, -0.25) is 14.2 Å². The minimum Gasteiger partial charge on any atom is -0.370 e. The normalized spacial score (nSPS) is 13.2. The summed E-state index contributed by atoms with van der Waals surface area (Å²) >= 11 is 7.62. The van der Waals surface area contributed by atoms with Crippen LogP contribution in [0.15, 0.2) is 29.1 Å². The van der Waals surface area contributed by atoms with E-state index in [-0.39, 0.29) is 17.9 Å². The van der Waals surface area contributed by atoms with Crippen LogP contribution < -0.4 is 11.3 Å². The summed E-state index contributed by atoms with van der Waals surface area (Å²) in [5, 5.41) is 1.45. The van der Waals surface area contributed by atoms with Crippen LogP contribution in [-0.4, -0.2) is 15.5 Å². The molecule has 0 aliphatic heterocycles.